The molecule has 5 heteroatoms. The average Bonchev–Trinajstić information content (AvgIpc) is 3.14. The van der Waals surface area contributed by atoms with Crippen molar-refractivity contribution in [2.24, 2.45) is 0 Å². The standard InChI is InChI=1S/C20H18ClNO2S/c1-14-4-6-15(7-5-14)20(18-3-2-12-25-18)22-19(23)13-24-17-10-8-16(21)9-11-17/h2-12,20H,13H2,1H3,(H,22,23). The first-order chi connectivity index (χ1) is 12.1. The van der Waals surface area contributed by atoms with Crippen LogP contribution in [-0.4, -0.2) is 12.5 Å². The molecule has 0 aliphatic heterocycles. The molecule has 0 radical (unpaired) electrons. The minimum atomic E-state index is -0.179. The molecule has 0 spiro atoms. The monoisotopic (exact) mass is 371 g/mol. The van der Waals surface area contributed by atoms with E-state index in [1.165, 1.54) is 5.56 Å². The topological polar surface area (TPSA) is 38.3 Å². The van der Waals surface area contributed by atoms with E-state index in [0.717, 1.165) is 10.4 Å². The number of hydrogen-bond donors (Lipinski definition) is 1. The number of aryl methyl sites for hydroxylation is 1. The van der Waals surface area contributed by atoms with Gasteiger partial charge in [-0.2, -0.15) is 0 Å². The van der Waals surface area contributed by atoms with Crippen LogP contribution in [0.2, 0.25) is 5.02 Å². The quantitative estimate of drug-likeness (QED) is 0.662. The van der Waals surface area contributed by atoms with Gasteiger partial charge in [-0.25, -0.2) is 0 Å². The second-order valence-electron chi connectivity index (χ2n) is 5.67. The summed E-state index contributed by atoms with van der Waals surface area (Å²) < 4.78 is 5.53. The summed E-state index contributed by atoms with van der Waals surface area (Å²) >= 11 is 7.46. The minimum absolute atomic E-state index is 0.0463. The van der Waals surface area contributed by atoms with Crippen LogP contribution in [-0.2, 0) is 4.79 Å². The second kappa shape index (κ2) is 8.19. The van der Waals surface area contributed by atoms with Crippen LogP contribution < -0.4 is 10.1 Å². The summed E-state index contributed by atoms with van der Waals surface area (Å²) in [4.78, 5) is 13.5. The first kappa shape index (κ1) is 17.5. The molecule has 25 heavy (non-hydrogen) atoms. The van der Waals surface area contributed by atoms with Gasteiger partial charge in [0.1, 0.15) is 5.75 Å². The number of thiophene rings is 1. The molecule has 0 fully saturated rings. The van der Waals surface area contributed by atoms with Gasteiger partial charge >= 0.3 is 0 Å². The predicted octanol–water partition coefficient (Wildman–Crippen LogP) is 4.99. The van der Waals surface area contributed by atoms with Crippen LogP contribution in [0.1, 0.15) is 22.0 Å². The van der Waals surface area contributed by atoms with Gasteiger partial charge in [-0.1, -0.05) is 47.5 Å². The summed E-state index contributed by atoms with van der Waals surface area (Å²) in [6.45, 7) is 2.00. The molecule has 3 nitrogen and oxygen atoms in total. The van der Waals surface area contributed by atoms with Crippen LogP contribution >= 0.6 is 22.9 Å². The largest absolute Gasteiger partial charge is 0.484 e. The molecule has 3 rings (SSSR count). The third-order valence-corrected chi connectivity index (χ3v) is 4.92. The fraction of sp³-hybridized carbons (Fsp3) is 0.150. The molecule has 2 aromatic carbocycles. The Bertz CT molecular complexity index is 814. The molecular weight excluding hydrogens is 354 g/mol. The Hall–Kier alpha value is -2.30. The fourth-order valence-corrected chi connectivity index (χ4v) is 3.34. The number of benzene rings is 2. The Labute approximate surface area is 156 Å². The Balaban J connectivity index is 1.68. The highest BCUT2D eigenvalue weighted by atomic mass is 35.5. The second-order valence-corrected chi connectivity index (χ2v) is 7.08. The molecule has 0 saturated heterocycles. The number of halogens is 1. The number of carbonyl (C=O) groups is 1. The van der Waals surface area contributed by atoms with Gasteiger partial charge in [0.05, 0.1) is 6.04 Å². The number of hydrogen-bond acceptors (Lipinski definition) is 3. The molecule has 1 heterocycles. The maximum Gasteiger partial charge on any atom is 0.258 e. The Morgan fingerprint density at radius 3 is 2.48 bits per heavy atom. The molecule has 1 atom stereocenters. The van der Waals surface area contributed by atoms with E-state index in [0.29, 0.717) is 10.8 Å². The van der Waals surface area contributed by atoms with Crippen molar-refractivity contribution in [3.05, 3.63) is 87.1 Å². The lowest BCUT2D eigenvalue weighted by atomic mass is 10.0. The van der Waals surface area contributed by atoms with Crippen LogP contribution in [0, 0.1) is 6.92 Å². The molecule has 0 saturated carbocycles. The van der Waals surface area contributed by atoms with Crippen molar-refractivity contribution in [2.45, 2.75) is 13.0 Å². The van der Waals surface area contributed by atoms with Crippen molar-refractivity contribution >= 4 is 28.8 Å². The van der Waals surface area contributed by atoms with Crippen molar-refractivity contribution in [1.29, 1.82) is 0 Å². The van der Waals surface area contributed by atoms with E-state index in [1.807, 2.05) is 48.7 Å². The van der Waals surface area contributed by atoms with Crippen LogP contribution in [0.15, 0.2) is 66.0 Å². The SMILES string of the molecule is Cc1ccc(C(NC(=O)COc2ccc(Cl)cc2)c2cccs2)cc1. The average molecular weight is 372 g/mol. The maximum absolute atomic E-state index is 12.4. The summed E-state index contributed by atoms with van der Waals surface area (Å²) in [6.07, 6.45) is 0. The zero-order chi connectivity index (χ0) is 17.6. The van der Waals surface area contributed by atoms with E-state index in [2.05, 4.69) is 5.32 Å². The minimum Gasteiger partial charge on any atom is -0.484 e. The van der Waals surface area contributed by atoms with E-state index in [1.54, 1.807) is 35.6 Å². The number of amides is 1. The van der Waals surface area contributed by atoms with Crippen molar-refractivity contribution in [1.82, 2.24) is 5.32 Å². The van der Waals surface area contributed by atoms with Crippen LogP contribution in [0.3, 0.4) is 0 Å². The molecule has 1 N–H and O–H groups in total. The smallest absolute Gasteiger partial charge is 0.258 e. The first-order valence-corrected chi connectivity index (χ1v) is 9.15. The highest BCUT2D eigenvalue weighted by molar-refractivity contribution is 7.10. The Morgan fingerprint density at radius 2 is 1.84 bits per heavy atom. The predicted molar refractivity (Wildman–Crippen MR) is 102 cm³/mol. The van der Waals surface area contributed by atoms with Crippen LogP contribution in [0.4, 0.5) is 0 Å². The summed E-state index contributed by atoms with van der Waals surface area (Å²) in [6, 6.07) is 19.0. The van der Waals surface area contributed by atoms with Gasteiger partial charge < -0.3 is 10.1 Å². The molecule has 3 aromatic rings. The lowest BCUT2D eigenvalue weighted by Crippen LogP contribution is -2.32. The molecule has 1 aromatic heterocycles. The van der Waals surface area contributed by atoms with E-state index in [-0.39, 0.29) is 18.6 Å². The van der Waals surface area contributed by atoms with Gasteiger partial charge in [-0.05, 0) is 48.2 Å². The van der Waals surface area contributed by atoms with E-state index in [4.69, 9.17) is 16.3 Å². The van der Waals surface area contributed by atoms with Crippen molar-refractivity contribution in [3.63, 3.8) is 0 Å². The highest BCUT2D eigenvalue weighted by Gasteiger charge is 2.18. The van der Waals surface area contributed by atoms with Crippen LogP contribution in [0.5, 0.6) is 5.75 Å². The summed E-state index contributed by atoms with van der Waals surface area (Å²) in [5, 5.41) is 5.70. The van der Waals surface area contributed by atoms with Gasteiger partial charge in [0.15, 0.2) is 6.61 Å². The van der Waals surface area contributed by atoms with Crippen LogP contribution in [0.25, 0.3) is 0 Å². The fourth-order valence-electron chi connectivity index (χ4n) is 2.42. The normalized spacial score (nSPS) is 11.8. The molecular formula is C20H18ClNO2S. The molecule has 1 amide bonds. The third kappa shape index (κ3) is 4.84. The number of carbonyl (C=O) groups excluding carboxylic acids is 1. The van der Waals surface area contributed by atoms with Crippen molar-refractivity contribution in [2.75, 3.05) is 6.61 Å². The van der Waals surface area contributed by atoms with E-state index < -0.39 is 0 Å². The Kier molecular flexibility index (Phi) is 5.74. The van der Waals surface area contributed by atoms with Gasteiger partial charge in [-0.15, -0.1) is 11.3 Å². The zero-order valence-corrected chi connectivity index (χ0v) is 15.3. The number of rotatable bonds is 6. The van der Waals surface area contributed by atoms with Gasteiger partial charge in [0.2, 0.25) is 0 Å². The van der Waals surface area contributed by atoms with E-state index in [9.17, 15) is 4.79 Å². The molecule has 128 valence electrons. The Morgan fingerprint density at radius 1 is 1.12 bits per heavy atom. The third-order valence-electron chi connectivity index (χ3n) is 3.73. The van der Waals surface area contributed by atoms with Crippen molar-refractivity contribution < 1.29 is 9.53 Å². The molecule has 0 bridgehead atoms. The number of nitrogens with one attached hydrogen (secondary N) is 1. The maximum atomic E-state index is 12.4. The summed E-state index contributed by atoms with van der Waals surface area (Å²) in [5.74, 6) is 0.441. The molecule has 1 unspecified atom stereocenters. The molecule has 0 aliphatic carbocycles. The summed E-state index contributed by atoms with van der Waals surface area (Å²) in [5.41, 5.74) is 2.24. The molecule has 0 aliphatic rings. The zero-order valence-electron chi connectivity index (χ0n) is 13.7. The summed E-state index contributed by atoms with van der Waals surface area (Å²) in [7, 11) is 0. The van der Waals surface area contributed by atoms with Gasteiger partial charge in [0.25, 0.3) is 5.91 Å². The van der Waals surface area contributed by atoms with Crippen molar-refractivity contribution in [3.8, 4) is 5.75 Å². The van der Waals surface area contributed by atoms with E-state index >= 15 is 0 Å². The van der Waals surface area contributed by atoms with Gasteiger partial charge in [0, 0.05) is 9.90 Å². The number of ether oxygens (including phenoxy) is 1. The highest BCUT2D eigenvalue weighted by Crippen LogP contribution is 2.26. The lowest BCUT2D eigenvalue weighted by Gasteiger charge is -2.18. The first-order valence-electron chi connectivity index (χ1n) is 7.89. The lowest BCUT2D eigenvalue weighted by molar-refractivity contribution is -0.123. The van der Waals surface area contributed by atoms with Gasteiger partial charge in [-0.3, -0.25) is 4.79 Å².